The van der Waals surface area contributed by atoms with Crippen LogP contribution < -0.4 is 0 Å². The molecule has 0 radical (unpaired) electrons. The van der Waals surface area contributed by atoms with E-state index in [1.807, 2.05) is 0 Å². The van der Waals surface area contributed by atoms with Gasteiger partial charge in [0.05, 0.1) is 6.61 Å². The Kier molecular flexibility index (Phi) is 2.06. The van der Waals surface area contributed by atoms with E-state index < -0.39 is 0 Å². The van der Waals surface area contributed by atoms with Crippen molar-refractivity contribution >= 4 is 5.78 Å². The molecule has 5 fully saturated rings. The van der Waals surface area contributed by atoms with E-state index >= 15 is 0 Å². The topological polar surface area (TPSA) is 32.8 Å². The van der Waals surface area contributed by atoms with E-state index in [0.717, 1.165) is 37.7 Å². The number of piperidine rings is 2. The molecule has 94 valence electrons. The van der Waals surface area contributed by atoms with Crippen LogP contribution in [0, 0.1) is 17.8 Å². The molecule has 4 saturated heterocycles. The first-order valence-corrected chi connectivity index (χ1v) is 7.17. The van der Waals surface area contributed by atoms with Gasteiger partial charge in [-0.3, -0.25) is 9.69 Å². The van der Waals surface area contributed by atoms with Crippen LogP contribution in [0.2, 0.25) is 0 Å². The maximum absolute atomic E-state index is 12.3. The second-order valence-corrected chi connectivity index (χ2v) is 6.46. The Balaban J connectivity index is 1.76. The van der Waals surface area contributed by atoms with Gasteiger partial charge < -0.3 is 4.74 Å². The molecule has 6 unspecified atom stereocenters. The highest BCUT2D eigenvalue weighted by molar-refractivity contribution is 5.82. The van der Waals surface area contributed by atoms with Crippen molar-refractivity contribution in [2.24, 2.45) is 17.8 Å². The van der Waals surface area contributed by atoms with Crippen molar-refractivity contribution < 1.29 is 9.53 Å². The number of hydrogen-bond acceptors (Lipinski definition) is 3. The van der Waals surface area contributed by atoms with Crippen molar-refractivity contribution in [3.05, 3.63) is 0 Å². The summed E-state index contributed by atoms with van der Waals surface area (Å²) in [6.07, 6.45) is 5.42. The van der Waals surface area contributed by atoms with Crippen molar-refractivity contribution in [1.82, 2.24) is 4.90 Å². The van der Waals surface area contributed by atoms with Gasteiger partial charge in [-0.1, -0.05) is 13.3 Å². The number of carbonyl (C=O) groups excluding carboxylic acids is 1. The Morgan fingerprint density at radius 1 is 1.47 bits per heavy atom. The lowest BCUT2D eigenvalue weighted by molar-refractivity contribution is -0.134. The van der Waals surface area contributed by atoms with Crippen LogP contribution in [0.1, 0.15) is 39.0 Å². The summed E-state index contributed by atoms with van der Waals surface area (Å²) < 4.78 is 5.77. The fraction of sp³-hybridized carbons (Fsp3) is 0.929. The Morgan fingerprint density at radius 2 is 2.29 bits per heavy atom. The smallest absolute Gasteiger partial charge is 0.146 e. The van der Waals surface area contributed by atoms with E-state index in [9.17, 15) is 4.79 Å². The number of Topliss-reactive ketones (excluding diaryl/α,β-unsaturated/α-hetero) is 1. The fourth-order valence-electron chi connectivity index (χ4n) is 4.72. The van der Waals surface area contributed by atoms with Gasteiger partial charge in [0.2, 0.25) is 0 Å². The molecule has 4 heterocycles. The molecule has 0 aromatic carbocycles. The summed E-state index contributed by atoms with van der Waals surface area (Å²) in [6, 6.07) is 0.502. The minimum Gasteiger partial charge on any atom is -0.353 e. The van der Waals surface area contributed by atoms with Gasteiger partial charge >= 0.3 is 0 Å². The summed E-state index contributed by atoms with van der Waals surface area (Å²) in [4.78, 5) is 14.9. The zero-order chi connectivity index (χ0) is 11.6. The summed E-state index contributed by atoms with van der Waals surface area (Å²) in [5.41, 5.74) is -0.0123. The Morgan fingerprint density at radius 3 is 3.00 bits per heavy atom. The molecule has 1 aliphatic carbocycles. The number of ketones is 1. The average molecular weight is 235 g/mol. The van der Waals surface area contributed by atoms with Crippen LogP contribution in [0.25, 0.3) is 0 Å². The molecule has 1 spiro atoms. The number of rotatable bonds is 1. The Bertz CT molecular complexity index is 363. The maximum atomic E-state index is 12.3. The lowest BCUT2D eigenvalue weighted by Gasteiger charge is -2.54. The third-order valence-electron chi connectivity index (χ3n) is 5.63. The largest absolute Gasteiger partial charge is 0.353 e. The van der Waals surface area contributed by atoms with Crippen molar-refractivity contribution in [3.8, 4) is 0 Å². The third kappa shape index (κ3) is 1.33. The third-order valence-corrected chi connectivity index (χ3v) is 5.63. The fourth-order valence-corrected chi connectivity index (χ4v) is 4.72. The molecule has 1 saturated carbocycles. The molecule has 0 aromatic rings. The minimum absolute atomic E-state index is 0.0123. The number of fused-ring (bicyclic) bond motifs is 1. The zero-order valence-corrected chi connectivity index (χ0v) is 10.5. The van der Waals surface area contributed by atoms with Crippen molar-refractivity contribution in [2.75, 3.05) is 13.2 Å². The molecule has 5 rings (SSSR count). The van der Waals surface area contributed by atoms with Gasteiger partial charge in [-0.15, -0.1) is 0 Å². The van der Waals surface area contributed by atoms with Crippen LogP contribution in [-0.2, 0) is 9.53 Å². The van der Waals surface area contributed by atoms with Gasteiger partial charge in [-0.25, -0.2) is 0 Å². The summed E-state index contributed by atoms with van der Waals surface area (Å²) in [7, 11) is 0. The number of carbonyl (C=O) groups is 1. The number of ether oxygens (including phenoxy) is 1. The first-order valence-electron chi connectivity index (χ1n) is 7.17. The standard InChI is InChI=1S/C14H21NO2/c1-2-10-5-9-6-11-12(16)3-4-14(8-17-14)15(7-9)13(10)11/h9-11,13H,2-8H2,1H3. The van der Waals surface area contributed by atoms with Crippen LogP contribution in [0.5, 0.6) is 0 Å². The van der Waals surface area contributed by atoms with Gasteiger partial charge in [-0.05, 0) is 31.1 Å². The molecule has 3 heteroatoms. The molecule has 17 heavy (non-hydrogen) atoms. The summed E-state index contributed by atoms with van der Waals surface area (Å²) in [6.45, 7) is 4.33. The summed E-state index contributed by atoms with van der Waals surface area (Å²) >= 11 is 0. The predicted molar refractivity (Wildman–Crippen MR) is 63.4 cm³/mol. The highest BCUT2D eigenvalue weighted by Crippen LogP contribution is 2.53. The lowest BCUT2D eigenvalue weighted by Crippen LogP contribution is -2.61. The molecule has 4 bridgehead atoms. The number of nitrogens with zero attached hydrogens (tertiary/aromatic N) is 1. The second kappa shape index (κ2) is 3.33. The molecule has 3 nitrogen and oxygen atoms in total. The average Bonchev–Trinajstić information content (AvgIpc) is 3.16. The van der Waals surface area contributed by atoms with Gasteiger partial charge in [0.1, 0.15) is 11.5 Å². The molecule has 5 aliphatic rings. The van der Waals surface area contributed by atoms with Crippen molar-refractivity contribution in [1.29, 1.82) is 0 Å². The van der Waals surface area contributed by atoms with E-state index in [1.54, 1.807) is 0 Å². The SMILES string of the molecule is CCC1CC2CC3C(=O)CCC4(CO4)N(C2)C13. The van der Waals surface area contributed by atoms with Gasteiger partial charge in [-0.2, -0.15) is 0 Å². The van der Waals surface area contributed by atoms with Crippen molar-refractivity contribution in [3.63, 3.8) is 0 Å². The molecule has 0 N–H and O–H groups in total. The predicted octanol–water partition coefficient (Wildman–Crippen LogP) is 1.81. The summed E-state index contributed by atoms with van der Waals surface area (Å²) in [5.74, 6) is 2.33. The van der Waals surface area contributed by atoms with Crippen LogP contribution in [0.15, 0.2) is 0 Å². The van der Waals surface area contributed by atoms with E-state index in [0.29, 0.717) is 17.7 Å². The number of hydrogen-bond donors (Lipinski definition) is 0. The molecular weight excluding hydrogens is 214 g/mol. The van der Waals surface area contributed by atoms with Crippen LogP contribution in [0.3, 0.4) is 0 Å². The summed E-state index contributed by atoms with van der Waals surface area (Å²) in [5, 5.41) is 0. The first kappa shape index (κ1) is 10.5. The van der Waals surface area contributed by atoms with E-state index in [2.05, 4.69) is 11.8 Å². The van der Waals surface area contributed by atoms with Crippen LogP contribution in [0.4, 0.5) is 0 Å². The van der Waals surface area contributed by atoms with E-state index in [4.69, 9.17) is 4.74 Å². The maximum Gasteiger partial charge on any atom is 0.146 e. The highest BCUT2D eigenvalue weighted by Gasteiger charge is 2.61. The molecule has 6 atom stereocenters. The van der Waals surface area contributed by atoms with Gasteiger partial charge in [0.25, 0.3) is 0 Å². The molecule has 0 aromatic heterocycles. The Hall–Kier alpha value is -0.410. The molecule has 0 amide bonds. The minimum atomic E-state index is -0.0123. The Labute approximate surface area is 102 Å². The van der Waals surface area contributed by atoms with E-state index in [1.165, 1.54) is 19.4 Å². The monoisotopic (exact) mass is 235 g/mol. The highest BCUT2D eigenvalue weighted by atomic mass is 16.6. The van der Waals surface area contributed by atoms with Crippen LogP contribution in [-0.4, -0.2) is 35.6 Å². The first-order chi connectivity index (χ1) is 8.23. The lowest BCUT2D eigenvalue weighted by atomic mass is 9.65. The quantitative estimate of drug-likeness (QED) is 0.650. The van der Waals surface area contributed by atoms with Crippen molar-refractivity contribution in [2.45, 2.75) is 50.8 Å². The van der Waals surface area contributed by atoms with Gasteiger partial charge in [0, 0.05) is 24.9 Å². The molecular formula is C14H21NO2. The van der Waals surface area contributed by atoms with Crippen LogP contribution >= 0.6 is 0 Å². The normalized spacial score (nSPS) is 56.1. The number of epoxide rings is 1. The zero-order valence-electron chi connectivity index (χ0n) is 10.5. The van der Waals surface area contributed by atoms with E-state index in [-0.39, 0.29) is 5.72 Å². The van der Waals surface area contributed by atoms with Gasteiger partial charge in [0.15, 0.2) is 0 Å². The second-order valence-electron chi connectivity index (χ2n) is 6.46. The molecule has 4 aliphatic heterocycles.